The van der Waals surface area contributed by atoms with E-state index in [1.165, 1.54) is 16.7 Å². The van der Waals surface area contributed by atoms with Crippen molar-refractivity contribution in [3.8, 4) is 0 Å². The molecule has 2 saturated heterocycles. The van der Waals surface area contributed by atoms with E-state index < -0.39 is 22.2 Å². The summed E-state index contributed by atoms with van der Waals surface area (Å²) in [6, 6.07) is 6.73. The second-order valence-electron chi connectivity index (χ2n) is 9.27. The minimum absolute atomic E-state index is 0.0517. The highest BCUT2D eigenvalue weighted by Gasteiger charge is 2.52. The van der Waals surface area contributed by atoms with Crippen molar-refractivity contribution in [1.82, 2.24) is 9.62 Å². The summed E-state index contributed by atoms with van der Waals surface area (Å²) in [4.78, 5) is 11.3. The average molecular weight is 493 g/mol. The summed E-state index contributed by atoms with van der Waals surface area (Å²) in [6.45, 7) is 8.53. The van der Waals surface area contributed by atoms with E-state index in [0.29, 0.717) is 12.5 Å². The number of carboxylic acid groups (broad SMARTS) is 1. The molecule has 4 rings (SSSR count). The van der Waals surface area contributed by atoms with Crippen LogP contribution < -0.4 is 4.72 Å². The highest BCUT2D eigenvalue weighted by molar-refractivity contribution is 7.90. The Balaban J connectivity index is 0.000000383. The second kappa shape index (κ2) is 9.89. The lowest BCUT2D eigenvalue weighted by molar-refractivity contribution is -0.192. The SMILES string of the molecule is Cc1cc(C)cc(CN2CC3(C2)OCCC3CCNS(=O)(=O)C2CC2)c1.O=C(O)C(F)(F)F. The summed E-state index contributed by atoms with van der Waals surface area (Å²) in [5.74, 6) is -2.30. The Morgan fingerprint density at radius 1 is 1.18 bits per heavy atom. The van der Waals surface area contributed by atoms with E-state index in [0.717, 1.165) is 51.9 Å². The Morgan fingerprint density at radius 2 is 1.76 bits per heavy atom. The van der Waals surface area contributed by atoms with Gasteiger partial charge in [-0.25, -0.2) is 17.9 Å². The van der Waals surface area contributed by atoms with Crippen LogP contribution in [0.4, 0.5) is 13.2 Å². The molecular formula is C22H31F3N2O5S. The zero-order valence-corrected chi connectivity index (χ0v) is 19.6. The number of aryl methyl sites for hydroxylation is 2. The lowest BCUT2D eigenvalue weighted by Crippen LogP contribution is -2.64. The molecule has 3 fully saturated rings. The lowest BCUT2D eigenvalue weighted by atomic mass is 9.79. The molecular weight excluding hydrogens is 461 g/mol. The number of halogens is 3. The maximum absolute atomic E-state index is 12.0. The van der Waals surface area contributed by atoms with E-state index >= 15 is 0 Å². The van der Waals surface area contributed by atoms with Crippen molar-refractivity contribution >= 4 is 16.0 Å². The van der Waals surface area contributed by atoms with E-state index in [-0.39, 0.29) is 10.9 Å². The Hall–Kier alpha value is -1.69. The minimum atomic E-state index is -5.08. The molecule has 2 heterocycles. The normalized spacial score (nSPS) is 22.5. The summed E-state index contributed by atoms with van der Waals surface area (Å²) in [6.07, 6.45) is -1.52. The minimum Gasteiger partial charge on any atom is -0.475 e. The number of rotatable bonds is 7. The van der Waals surface area contributed by atoms with Crippen LogP contribution in [0, 0.1) is 19.8 Å². The summed E-state index contributed by atoms with van der Waals surface area (Å²) >= 11 is 0. The first kappa shape index (κ1) is 25.9. The van der Waals surface area contributed by atoms with E-state index in [1.807, 2.05) is 0 Å². The Labute approximate surface area is 192 Å². The van der Waals surface area contributed by atoms with Crippen LogP contribution in [0.15, 0.2) is 18.2 Å². The fourth-order valence-corrected chi connectivity index (χ4v) is 6.05. The average Bonchev–Trinajstić information content (AvgIpc) is 3.43. The topological polar surface area (TPSA) is 95.9 Å². The van der Waals surface area contributed by atoms with Gasteiger partial charge in [-0.1, -0.05) is 29.3 Å². The van der Waals surface area contributed by atoms with E-state index in [4.69, 9.17) is 14.6 Å². The summed E-state index contributed by atoms with van der Waals surface area (Å²) < 4.78 is 64.6. The van der Waals surface area contributed by atoms with Gasteiger partial charge in [0.15, 0.2) is 0 Å². The molecule has 3 aliphatic rings. The molecule has 1 unspecified atom stereocenters. The third-order valence-electron chi connectivity index (χ3n) is 6.27. The summed E-state index contributed by atoms with van der Waals surface area (Å²) in [7, 11) is -3.07. The molecule has 11 heteroatoms. The number of alkyl halides is 3. The van der Waals surface area contributed by atoms with Crippen molar-refractivity contribution in [3.05, 3.63) is 34.9 Å². The lowest BCUT2D eigenvalue weighted by Gasteiger charge is -2.50. The van der Waals surface area contributed by atoms with Gasteiger partial charge in [-0.05, 0) is 51.0 Å². The van der Waals surface area contributed by atoms with Gasteiger partial charge in [0.1, 0.15) is 0 Å². The van der Waals surface area contributed by atoms with E-state index in [9.17, 15) is 21.6 Å². The number of hydrogen-bond acceptors (Lipinski definition) is 5. The monoisotopic (exact) mass is 492 g/mol. The predicted octanol–water partition coefficient (Wildman–Crippen LogP) is 3.00. The molecule has 33 heavy (non-hydrogen) atoms. The zero-order chi connectivity index (χ0) is 24.4. The number of carboxylic acids is 1. The summed E-state index contributed by atoms with van der Waals surface area (Å²) in [5, 5.41) is 6.99. The van der Waals surface area contributed by atoms with Gasteiger partial charge >= 0.3 is 12.1 Å². The van der Waals surface area contributed by atoms with Crippen molar-refractivity contribution in [1.29, 1.82) is 0 Å². The number of ether oxygens (including phenoxy) is 1. The van der Waals surface area contributed by atoms with Crippen LogP contribution in [0.5, 0.6) is 0 Å². The van der Waals surface area contributed by atoms with Crippen LogP contribution in [0.25, 0.3) is 0 Å². The molecule has 2 aliphatic heterocycles. The first-order chi connectivity index (χ1) is 15.3. The molecule has 2 N–H and O–H groups in total. The van der Waals surface area contributed by atoms with Gasteiger partial charge in [0.05, 0.1) is 10.9 Å². The number of carbonyl (C=O) groups is 1. The number of sulfonamides is 1. The summed E-state index contributed by atoms with van der Waals surface area (Å²) in [5.41, 5.74) is 3.94. The van der Waals surface area contributed by atoms with Crippen molar-refractivity contribution in [2.24, 2.45) is 5.92 Å². The third-order valence-corrected chi connectivity index (χ3v) is 8.23. The Morgan fingerprint density at radius 3 is 2.27 bits per heavy atom. The van der Waals surface area contributed by atoms with Crippen molar-refractivity contribution in [2.75, 3.05) is 26.2 Å². The molecule has 186 valence electrons. The van der Waals surface area contributed by atoms with Crippen molar-refractivity contribution in [2.45, 2.75) is 63.1 Å². The van der Waals surface area contributed by atoms with Gasteiger partial charge in [0.25, 0.3) is 0 Å². The number of aliphatic carboxylic acids is 1. The first-order valence-electron chi connectivity index (χ1n) is 11.0. The standard InChI is InChI=1S/C20H30N2O3S.C2HF3O2/c1-15-9-16(2)11-17(10-15)12-22-13-20(14-22)18(6-8-25-20)5-7-21-26(23,24)19-3-4-19;3-2(4,5)1(6)7/h9-11,18-19,21H,3-8,12-14H2,1-2H3;(H,6,7). The van der Waals surface area contributed by atoms with Crippen molar-refractivity contribution < 1.29 is 36.2 Å². The Kier molecular flexibility index (Phi) is 7.77. The highest BCUT2D eigenvalue weighted by Crippen LogP contribution is 2.42. The number of nitrogens with one attached hydrogen (secondary N) is 1. The van der Waals surface area contributed by atoms with Gasteiger partial charge in [-0.2, -0.15) is 13.2 Å². The predicted molar refractivity (Wildman–Crippen MR) is 116 cm³/mol. The van der Waals surface area contributed by atoms with Gasteiger partial charge in [-0.15, -0.1) is 0 Å². The number of likely N-dealkylation sites (tertiary alicyclic amines) is 1. The van der Waals surface area contributed by atoms with Crippen molar-refractivity contribution in [3.63, 3.8) is 0 Å². The van der Waals surface area contributed by atoms with E-state index in [1.54, 1.807) is 0 Å². The zero-order valence-electron chi connectivity index (χ0n) is 18.8. The van der Waals surface area contributed by atoms with Crippen LogP contribution in [-0.4, -0.2) is 67.7 Å². The molecule has 0 bridgehead atoms. The first-order valence-corrected chi connectivity index (χ1v) is 12.6. The van der Waals surface area contributed by atoms with Crippen LogP contribution in [0.3, 0.4) is 0 Å². The molecule has 0 radical (unpaired) electrons. The third kappa shape index (κ3) is 6.91. The maximum Gasteiger partial charge on any atom is 0.490 e. The van der Waals surface area contributed by atoms with Crippen LogP contribution in [0.1, 0.15) is 42.4 Å². The largest absolute Gasteiger partial charge is 0.490 e. The van der Waals surface area contributed by atoms with E-state index in [2.05, 4.69) is 41.7 Å². The molecule has 1 aliphatic carbocycles. The molecule has 0 amide bonds. The molecule has 1 aromatic rings. The van der Waals surface area contributed by atoms with Gasteiger partial charge in [0.2, 0.25) is 10.0 Å². The molecule has 1 saturated carbocycles. The van der Waals surface area contributed by atoms with Gasteiger partial charge < -0.3 is 9.84 Å². The number of nitrogens with zero attached hydrogens (tertiary/aromatic N) is 1. The van der Waals surface area contributed by atoms with Gasteiger partial charge in [-0.3, -0.25) is 4.90 Å². The molecule has 7 nitrogen and oxygen atoms in total. The quantitative estimate of drug-likeness (QED) is 0.608. The number of hydrogen-bond donors (Lipinski definition) is 2. The fraction of sp³-hybridized carbons (Fsp3) is 0.682. The van der Waals surface area contributed by atoms with Crippen LogP contribution in [0.2, 0.25) is 0 Å². The molecule has 1 aromatic carbocycles. The highest BCUT2D eigenvalue weighted by atomic mass is 32.2. The van der Waals surface area contributed by atoms with Crippen LogP contribution in [-0.2, 0) is 26.1 Å². The number of benzene rings is 1. The fourth-order valence-electron chi connectivity index (χ4n) is 4.65. The maximum atomic E-state index is 12.0. The smallest absolute Gasteiger partial charge is 0.475 e. The molecule has 1 atom stereocenters. The second-order valence-corrected chi connectivity index (χ2v) is 11.3. The molecule has 0 aromatic heterocycles. The molecule has 1 spiro atoms. The van der Waals surface area contributed by atoms with Crippen LogP contribution >= 0.6 is 0 Å². The Bertz CT molecular complexity index is 937. The van der Waals surface area contributed by atoms with Gasteiger partial charge in [0, 0.05) is 32.8 Å².